The van der Waals surface area contributed by atoms with Crippen LogP contribution in [0.15, 0.2) is 66.7 Å². The Bertz CT molecular complexity index is 949. The van der Waals surface area contributed by atoms with Gasteiger partial charge in [0.15, 0.2) is 11.5 Å². The Balaban J connectivity index is 1.58. The molecule has 0 aliphatic carbocycles. The van der Waals surface area contributed by atoms with Crippen molar-refractivity contribution in [2.45, 2.75) is 20.1 Å². The summed E-state index contributed by atoms with van der Waals surface area (Å²) in [5.41, 5.74) is 3.37. The molecule has 0 unspecified atom stereocenters. The lowest BCUT2D eigenvalue weighted by Gasteiger charge is -2.13. The Kier molecular flexibility index (Phi) is 6.74. The second-order valence-electron chi connectivity index (χ2n) is 6.51. The summed E-state index contributed by atoms with van der Waals surface area (Å²) in [5.74, 6) is 1.55. The lowest BCUT2D eigenvalue weighted by Crippen LogP contribution is -2.06. The molecule has 3 aromatic rings. The fourth-order valence-electron chi connectivity index (χ4n) is 2.83. The number of hydrogen-bond donors (Lipinski definition) is 0. The summed E-state index contributed by atoms with van der Waals surface area (Å²) in [6, 6.07) is 20.5. The lowest BCUT2D eigenvalue weighted by molar-refractivity contribution is 0.0471. The van der Waals surface area contributed by atoms with Crippen molar-refractivity contribution >= 4 is 5.97 Å². The summed E-state index contributed by atoms with van der Waals surface area (Å²) in [7, 11) is 3.16. The quantitative estimate of drug-likeness (QED) is 0.508. The first kappa shape index (κ1) is 20.3. The Morgan fingerprint density at radius 2 is 1.48 bits per heavy atom. The van der Waals surface area contributed by atoms with Gasteiger partial charge in [0.25, 0.3) is 0 Å². The maximum atomic E-state index is 12.4. The summed E-state index contributed by atoms with van der Waals surface area (Å²) < 4.78 is 21.8. The molecule has 0 atom stereocenters. The van der Waals surface area contributed by atoms with E-state index in [2.05, 4.69) is 0 Å². The molecule has 0 radical (unpaired) electrons. The molecule has 0 saturated carbocycles. The minimum absolute atomic E-state index is 0.150. The van der Waals surface area contributed by atoms with E-state index in [-0.39, 0.29) is 6.61 Å². The van der Waals surface area contributed by atoms with Gasteiger partial charge in [0.1, 0.15) is 19.0 Å². The maximum Gasteiger partial charge on any atom is 0.338 e. The van der Waals surface area contributed by atoms with Gasteiger partial charge in [0.2, 0.25) is 0 Å². The number of carbonyl (C=O) groups excluding carboxylic acids is 1. The SMILES string of the molecule is COc1cc(C)c(COC(=O)c2ccc(OCc3ccccc3)cc2)cc1OC. The zero-order valence-electron chi connectivity index (χ0n) is 16.8. The topological polar surface area (TPSA) is 54.0 Å². The van der Waals surface area contributed by atoms with E-state index < -0.39 is 5.97 Å². The predicted molar refractivity (Wildman–Crippen MR) is 111 cm³/mol. The van der Waals surface area contributed by atoms with Crippen LogP contribution in [0.2, 0.25) is 0 Å². The third-order valence-corrected chi connectivity index (χ3v) is 4.54. The highest BCUT2D eigenvalue weighted by molar-refractivity contribution is 5.89. The van der Waals surface area contributed by atoms with E-state index in [4.69, 9.17) is 18.9 Å². The van der Waals surface area contributed by atoms with Gasteiger partial charge in [-0.05, 0) is 60.0 Å². The molecule has 0 aliphatic heterocycles. The Morgan fingerprint density at radius 3 is 2.14 bits per heavy atom. The highest BCUT2D eigenvalue weighted by Crippen LogP contribution is 2.30. The van der Waals surface area contributed by atoms with Gasteiger partial charge in [-0.2, -0.15) is 0 Å². The monoisotopic (exact) mass is 392 g/mol. The van der Waals surface area contributed by atoms with Crippen molar-refractivity contribution in [3.05, 3.63) is 89.0 Å². The van der Waals surface area contributed by atoms with Crippen molar-refractivity contribution in [2.75, 3.05) is 14.2 Å². The van der Waals surface area contributed by atoms with Crippen molar-refractivity contribution in [1.29, 1.82) is 0 Å². The van der Waals surface area contributed by atoms with Crippen molar-refractivity contribution in [3.63, 3.8) is 0 Å². The zero-order chi connectivity index (χ0) is 20.6. The highest BCUT2D eigenvalue weighted by Gasteiger charge is 2.12. The first-order chi connectivity index (χ1) is 14.1. The van der Waals surface area contributed by atoms with Crippen LogP contribution >= 0.6 is 0 Å². The van der Waals surface area contributed by atoms with Crippen LogP contribution in [0.1, 0.15) is 27.0 Å². The Morgan fingerprint density at radius 1 is 0.828 bits per heavy atom. The van der Waals surface area contributed by atoms with E-state index in [1.165, 1.54) is 0 Å². The normalized spacial score (nSPS) is 10.3. The molecule has 5 nitrogen and oxygen atoms in total. The van der Waals surface area contributed by atoms with Crippen LogP contribution in [-0.2, 0) is 18.0 Å². The number of aryl methyl sites for hydroxylation is 1. The number of ether oxygens (including phenoxy) is 4. The standard InChI is InChI=1S/C24H24O5/c1-17-13-22(26-2)23(27-3)14-20(17)16-29-24(25)19-9-11-21(12-10-19)28-15-18-7-5-4-6-8-18/h4-14H,15-16H2,1-3H3. The fraction of sp³-hybridized carbons (Fsp3) is 0.208. The predicted octanol–water partition coefficient (Wildman–Crippen LogP) is 4.95. The average Bonchev–Trinajstić information content (AvgIpc) is 2.77. The van der Waals surface area contributed by atoms with Gasteiger partial charge in [-0.3, -0.25) is 0 Å². The summed E-state index contributed by atoms with van der Waals surface area (Å²) in [6.07, 6.45) is 0. The van der Waals surface area contributed by atoms with Gasteiger partial charge in [0, 0.05) is 0 Å². The average molecular weight is 392 g/mol. The third-order valence-electron chi connectivity index (χ3n) is 4.54. The van der Waals surface area contributed by atoms with Crippen LogP contribution in [0.4, 0.5) is 0 Å². The van der Waals surface area contributed by atoms with E-state index in [9.17, 15) is 4.79 Å². The molecule has 0 saturated heterocycles. The highest BCUT2D eigenvalue weighted by atomic mass is 16.5. The molecule has 0 aliphatic rings. The van der Waals surface area contributed by atoms with Gasteiger partial charge in [-0.25, -0.2) is 4.79 Å². The maximum absolute atomic E-state index is 12.4. The van der Waals surface area contributed by atoms with Crippen LogP contribution in [0.5, 0.6) is 17.2 Å². The molecule has 150 valence electrons. The largest absolute Gasteiger partial charge is 0.493 e. The van der Waals surface area contributed by atoms with Gasteiger partial charge in [0.05, 0.1) is 19.8 Å². The summed E-state index contributed by atoms with van der Waals surface area (Å²) >= 11 is 0. The van der Waals surface area contributed by atoms with E-state index in [0.29, 0.717) is 29.4 Å². The molecule has 0 aromatic heterocycles. The van der Waals surface area contributed by atoms with E-state index >= 15 is 0 Å². The van der Waals surface area contributed by atoms with Crippen molar-refractivity contribution in [3.8, 4) is 17.2 Å². The molecular formula is C24H24O5. The molecule has 3 rings (SSSR count). The molecule has 5 heteroatoms. The van der Waals surface area contributed by atoms with Crippen LogP contribution in [-0.4, -0.2) is 20.2 Å². The van der Waals surface area contributed by atoms with Gasteiger partial charge >= 0.3 is 5.97 Å². The van der Waals surface area contributed by atoms with Crippen molar-refractivity contribution in [1.82, 2.24) is 0 Å². The number of rotatable bonds is 8. The summed E-state index contributed by atoms with van der Waals surface area (Å²) in [6.45, 7) is 2.56. The second-order valence-corrected chi connectivity index (χ2v) is 6.51. The van der Waals surface area contributed by atoms with Gasteiger partial charge in [-0.15, -0.1) is 0 Å². The minimum atomic E-state index is -0.395. The molecule has 0 heterocycles. The Hall–Kier alpha value is -3.47. The fourth-order valence-corrected chi connectivity index (χ4v) is 2.83. The summed E-state index contributed by atoms with van der Waals surface area (Å²) in [5, 5.41) is 0. The number of benzene rings is 3. The Labute approximate surface area is 170 Å². The van der Waals surface area contributed by atoms with Crippen LogP contribution < -0.4 is 14.2 Å². The zero-order valence-corrected chi connectivity index (χ0v) is 16.8. The lowest BCUT2D eigenvalue weighted by atomic mass is 10.1. The third kappa shape index (κ3) is 5.29. The molecule has 29 heavy (non-hydrogen) atoms. The minimum Gasteiger partial charge on any atom is -0.493 e. The second kappa shape index (κ2) is 9.64. The first-order valence-electron chi connectivity index (χ1n) is 9.26. The molecule has 0 fully saturated rings. The van der Waals surface area contributed by atoms with Crippen molar-refractivity contribution in [2.24, 2.45) is 0 Å². The smallest absolute Gasteiger partial charge is 0.338 e. The number of esters is 1. The number of carbonyl (C=O) groups is 1. The molecule has 0 amide bonds. The van der Waals surface area contributed by atoms with Crippen LogP contribution in [0.3, 0.4) is 0 Å². The molecule has 0 bridgehead atoms. The van der Waals surface area contributed by atoms with E-state index in [1.54, 1.807) is 38.5 Å². The number of methoxy groups -OCH3 is 2. The molecule has 0 spiro atoms. The van der Waals surface area contributed by atoms with Crippen LogP contribution in [0, 0.1) is 6.92 Å². The van der Waals surface area contributed by atoms with E-state index in [0.717, 1.165) is 16.7 Å². The van der Waals surface area contributed by atoms with Gasteiger partial charge in [-0.1, -0.05) is 30.3 Å². The van der Waals surface area contributed by atoms with Gasteiger partial charge < -0.3 is 18.9 Å². The number of hydrogen-bond acceptors (Lipinski definition) is 5. The molecule has 3 aromatic carbocycles. The van der Waals surface area contributed by atoms with Crippen LogP contribution in [0.25, 0.3) is 0 Å². The molecule has 0 N–H and O–H groups in total. The van der Waals surface area contributed by atoms with Crippen molar-refractivity contribution < 1.29 is 23.7 Å². The summed E-state index contributed by atoms with van der Waals surface area (Å²) in [4.78, 5) is 12.4. The first-order valence-corrected chi connectivity index (χ1v) is 9.26. The van der Waals surface area contributed by atoms with E-state index in [1.807, 2.05) is 49.4 Å². The molecular weight excluding hydrogens is 368 g/mol.